The van der Waals surface area contributed by atoms with Crippen molar-refractivity contribution in [3.8, 4) is 0 Å². The van der Waals surface area contributed by atoms with Gasteiger partial charge in [0.25, 0.3) is 0 Å². The average Bonchev–Trinajstić information content (AvgIpc) is 2.27. The number of nitrogens with one attached hydrogen (secondary N) is 2. The molecule has 0 saturated heterocycles. The highest BCUT2D eigenvalue weighted by Gasteiger charge is 2.23. The Morgan fingerprint density at radius 3 is 3.00 bits per heavy atom. The maximum atomic E-state index is 13.3. The molecule has 3 rings (SSSR count). The summed E-state index contributed by atoms with van der Waals surface area (Å²) in [5.74, 6) is -0.124. The zero-order valence-electron chi connectivity index (χ0n) is 10.0. The maximum Gasteiger partial charge on any atom is 0.123 e. The van der Waals surface area contributed by atoms with Crippen molar-refractivity contribution in [2.75, 3.05) is 13.1 Å². The minimum absolute atomic E-state index is 0.124. The van der Waals surface area contributed by atoms with Crippen LogP contribution < -0.4 is 10.6 Å². The van der Waals surface area contributed by atoms with Crippen molar-refractivity contribution in [1.29, 1.82) is 0 Å². The van der Waals surface area contributed by atoms with Crippen molar-refractivity contribution >= 4 is 0 Å². The lowest BCUT2D eigenvalue weighted by Gasteiger charge is -2.32. The first-order chi connectivity index (χ1) is 8.33. The zero-order chi connectivity index (χ0) is 11.7. The summed E-state index contributed by atoms with van der Waals surface area (Å²) >= 11 is 0. The fourth-order valence-corrected chi connectivity index (χ4v) is 2.69. The van der Waals surface area contributed by atoms with E-state index in [1.807, 2.05) is 6.07 Å². The molecule has 17 heavy (non-hydrogen) atoms. The average molecular weight is 234 g/mol. The Bertz CT molecular complexity index is 401. The van der Waals surface area contributed by atoms with Crippen LogP contribution in [0.2, 0.25) is 0 Å². The highest BCUT2D eigenvalue weighted by atomic mass is 19.1. The quantitative estimate of drug-likeness (QED) is 0.837. The molecule has 1 heterocycles. The minimum atomic E-state index is -0.124. The van der Waals surface area contributed by atoms with Gasteiger partial charge in [-0.2, -0.15) is 0 Å². The van der Waals surface area contributed by atoms with Crippen molar-refractivity contribution in [1.82, 2.24) is 10.6 Å². The molecule has 1 aliphatic carbocycles. The van der Waals surface area contributed by atoms with Gasteiger partial charge < -0.3 is 10.6 Å². The summed E-state index contributed by atoms with van der Waals surface area (Å²) in [5.41, 5.74) is 2.44. The molecule has 3 heteroatoms. The molecule has 2 nitrogen and oxygen atoms in total. The van der Waals surface area contributed by atoms with Crippen LogP contribution in [0.4, 0.5) is 4.39 Å². The highest BCUT2D eigenvalue weighted by molar-refractivity contribution is 5.33. The number of fused-ring (bicyclic) bond motifs is 1. The van der Waals surface area contributed by atoms with E-state index in [4.69, 9.17) is 0 Å². The molecule has 1 aliphatic heterocycles. The molecular formula is C14H19FN2. The third-order valence-corrected chi connectivity index (χ3v) is 3.98. The van der Waals surface area contributed by atoms with Gasteiger partial charge in [-0.3, -0.25) is 0 Å². The summed E-state index contributed by atoms with van der Waals surface area (Å²) in [6.07, 6.45) is 4.95. The molecule has 2 aliphatic rings. The molecule has 0 spiro atoms. The Morgan fingerprint density at radius 2 is 2.24 bits per heavy atom. The number of halogens is 1. The van der Waals surface area contributed by atoms with E-state index in [9.17, 15) is 4.39 Å². The molecule has 1 saturated carbocycles. The van der Waals surface area contributed by atoms with E-state index >= 15 is 0 Å². The first kappa shape index (κ1) is 11.2. The molecule has 0 bridgehead atoms. The van der Waals surface area contributed by atoms with Gasteiger partial charge in [-0.25, -0.2) is 4.39 Å². The second-order valence-electron chi connectivity index (χ2n) is 5.14. The number of hydrogen-bond donors (Lipinski definition) is 2. The molecule has 2 N–H and O–H groups in total. The predicted octanol–water partition coefficient (Wildman–Crippen LogP) is 2.15. The fraction of sp³-hybridized carbons (Fsp3) is 0.571. The van der Waals surface area contributed by atoms with E-state index in [2.05, 4.69) is 10.6 Å². The van der Waals surface area contributed by atoms with Gasteiger partial charge in [-0.15, -0.1) is 0 Å². The molecule has 1 atom stereocenters. The van der Waals surface area contributed by atoms with Gasteiger partial charge in [-0.05, 0) is 49.1 Å². The number of rotatable bonds is 3. The van der Waals surface area contributed by atoms with Crippen LogP contribution in [0.15, 0.2) is 18.2 Å². The highest BCUT2D eigenvalue weighted by Crippen LogP contribution is 2.24. The van der Waals surface area contributed by atoms with Gasteiger partial charge in [-0.1, -0.05) is 12.5 Å². The molecule has 0 amide bonds. The lowest BCUT2D eigenvalue weighted by atomic mass is 9.91. The summed E-state index contributed by atoms with van der Waals surface area (Å²) in [4.78, 5) is 0. The lowest BCUT2D eigenvalue weighted by Crippen LogP contribution is -2.42. The SMILES string of the molecule is Fc1ccc2c(c1)C(CNC1CCC1)NCC2. The van der Waals surface area contributed by atoms with Crippen LogP contribution >= 0.6 is 0 Å². The van der Waals surface area contributed by atoms with E-state index in [-0.39, 0.29) is 11.9 Å². The van der Waals surface area contributed by atoms with E-state index < -0.39 is 0 Å². The van der Waals surface area contributed by atoms with Gasteiger partial charge in [0.2, 0.25) is 0 Å². The van der Waals surface area contributed by atoms with Crippen LogP contribution in [-0.4, -0.2) is 19.1 Å². The number of hydrogen-bond acceptors (Lipinski definition) is 2. The largest absolute Gasteiger partial charge is 0.312 e. The minimum Gasteiger partial charge on any atom is -0.312 e. The Hall–Kier alpha value is -0.930. The maximum absolute atomic E-state index is 13.3. The van der Waals surface area contributed by atoms with Gasteiger partial charge in [0.15, 0.2) is 0 Å². The van der Waals surface area contributed by atoms with Crippen molar-refractivity contribution in [3.63, 3.8) is 0 Å². The molecule has 0 radical (unpaired) electrons. The standard InChI is InChI=1S/C14H19FN2/c15-11-5-4-10-6-7-16-14(13(10)8-11)9-17-12-2-1-3-12/h4-5,8,12,14,16-17H,1-3,6-7,9H2. The Balaban J connectivity index is 1.71. The first-order valence-electron chi connectivity index (χ1n) is 6.58. The second-order valence-corrected chi connectivity index (χ2v) is 5.14. The summed E-state index contributed by atoms with van der Waals surface area (Å²) in [6, 6.07) is 6.16. The summed E-state index contributed by atoms with van der Waals surface area (Å²) in [5, 5.41) is 7.04. The Morgan fingerprint density at radius 1 is 1.35 bits per heavy atom. The van der Waals surface area contributed by atoms with Gasteiger partial charge in [0, 0.05) is 18.6 Å². The van der Waals surface area contributed by atoms with Gasteiger partial charge in [0.1, 0.15) is 5.82 Å². The number of benzene rings is 1. The molecule has 1 fully saturated rings. The zero-order valence-corrected chi connectivity index (χ0v) is 10.0. The van der Waals surface area contributed by atoms with Crippen LogP contribution in [0.3, 0.4) is 0 Å². The van der Waals surface area contributed by atoms with Gasteiger partial charge in [0.05, 0.1) is 0 Å². The topological polar surface area (TPSA) is 24.1 Å². The molecule has 1 unspecified atom stereocenters. The molecular weight excluding hydrogens is 215 g/mol. The van der Waals surface area contributed by atoms with E-state index in [0.717, 1.165) is 25.1 Å². The van der Waals surface area contributed by atoms with Crippen LogP contribution in [0.25, 0.3) is 0 Å². The lowest BCUT2D eigenvalue weighted by molar-refractivity contribution is 0.319. The first-order valence-corrected chi connectivity index (χ1v) is 6.58. The van der Waals surface area contributed by atoms with Crippen LogP contribution in [0.1, 0.15) is 36.4 Å². The molecule has 1 aromatic rings. The fourth-order valence-electron chi connectivity index (χ4n) is 2.69. The van der Waals surface area contributed by atoms with Crippen molar-refractivity contribution in [3.05, 3.63) is 35.1 Å². The van der Waals surface area contributed by atoms with Crippen LogP contribution in [0.5, 0.6) is 0 Å². The monoisotopic (exact) mass is 234 g/mol. The third-order valence-electron chi connectivity index (χ3n) is 3.98. The van der Waals surface area contributed by atoms with Crippen LogP contribution in [-0.2, 0) is 6.42 Å². The van der Waals surface area contributed by atoms with E-state index in [1.54, 1.807) is 12.1 Å². The van der Waals surface area contributed by atoms with Crippen LogP contribution in [0, 0.1) is 5.82 Å². The van der Waals surface area contributed by atoms with E-state index in [1.165, 1.54) is 24.8 Å². The Labute approximate surface area is 102 Å². The third kappa shape index (κ3) is 2.35. The summed E-state index contributed by atoms with van der Waals surface area (Å²) < 4.78 is 13.3. The summed E-state index contributed by atoms with van der Waals surface area (Å²) in [6.45, 7) is 1.91. The molecule has 1 aromatic carbocycles. The van der Waals surface area contributed by atoms with Crippen molar-refractivity contribution in [2.24, 2.45) is 0 Å². The Kier molecular flexibility index (Phi) is 3.12. The molecule has 92 valence electrons. The predicted molar refractivity (Wildman–Crippen MR) is 66.5 cm³/mol. The smallest absolute Gasteiger partial charge is 0.123 e. The van der Waals surface area contributed by atoms with Gasteiger partial charge >= 0.3 is 0 Å². The normalized spacial score (nSPS) is 24.2. The molecule has 0 aromatic heterocycles. The van der Waals surface area contributed by atoms with Crippen molar-refractivity contribution < 1.29 is 4.39 Å². The van der Waals surface area contributed by atoms with Crippen molar-refractivity contribution in [2.45, 2.75) is 37.8 Å². The van der Waals surface area contributed by atoms with E-state index in [0.29, 0.717) is 6.04 Å². The summed E-state index contributed by atoms with van der Waals surface area (Å²) in [7, 11) is 0. The second kappa shape index (κ2) is 4.75.